The molecule has 1 aliphatic rings. The Labute approximate surface area is 133 Å². The Kier molecular flexibility index (Phi) is 5.77. The van der Waals surface area contributed by atoms with Gasteiger partial charge in [-0.1, -0.05) is 0 Å². The Hall–Kier alpha value is -1.62. The van der Waals surface area contributed by atoms with Crippen LogP contribution in [0.1, 0.15) is 37.0 Å². The van der Waals surface area contributed by atoms with Gasteiger partial charge in [0.15, 0.2) is 0 Å². The number of hydrogen-bond donors (Lipinski definition) is 0. The van der Waals surface area contributed by atoms with Gasteiger partial charge in [-0.15, -0.1) is 0 Å². The molecule has 0 radical (unpaired) electrons. The molecule has 0 aliphatic carbocycles. The van der Waals surface area contributed by atoms with Crippen LogP contribution in [0, 0.1) is 5.92 Å². The van der Waals surface area contributed by atoms with Crippen molar-refractivity contribution < 1.29 is 9.53 Å². The van der Waals surface area contributed by atoms with E-state index in [2.05, 4.69) is 21.8 Å². The van der Waals surface area contributed by atoms with E-state index >= 15 is 0 Å². The minimum Gasteiger partial charge on any atom is -0.459 e. The molecule has 0 saturated carbocycles. The van der Waals surface area contributed by atoms with E-state index in [-0.39, 0.29) is 12.1 Å². The maximum atomic E-state index is 12.2. The van der Waals surface area contributed by atoms with Gasteiger partial charge in [0.25, 0.3) is 0 Å². The molecule has 22 heavy (non-hydrogen) atoms. The lowest BCUT2D eigenvalue weighted by Crippen LogP contribution is -2.36. The van der Waals surface area contributed by atoms with Crippen LogP contribution < -0.4 is 4.90 Å². The summed E-state index contributed by atoms with van der Waals surface area (Å²) < 4.78 is 5.32. The smallest absolute Gasteiger partial charge is 0.342 e. The lowest BCUT2D eigenvalue weighted by molar-refractivity contribution is 0.0378. The van der Waals surface area contributed by atoms with Gasteiger partial charge in [0.2, 0.25) is 0 Å². The van der Waals surface area contributed by atoms with Gasteiger partial charge in [0, 0.05) is 19.8 Å². The summed E-state index contributed by atoms with van der Waals surface area (Å²) in [4.78, 5) is 21.1. The monoisotopic (exact) mass is 305 g/mol. The zero-order valence-corrected chi connectivity index (χ0v) is 14.1. The van der Waals surface area contributed by atoms with Crippen molar-refractivity contribution in [3.8, 4) is 0 Å². The lowest BCUT2D eigenvalue weighted by atomic mass is 9.96. The Bertz CT molecular complexity index is 496. The second-order valence-electron chi connectivity index (χ2n) is 6.46. The first-order valence-corrected chi connectivity index (χ1v) is 8.03. The molecule has 122 valence electrons. The SMILES string of the molecule is CC(C)OC(=O)c1cccnc1N(C)CC1CCN(C)CC1. The number of aromatic nitrogens is 1. The number of nitrogens with zero attached hydrogens (tertiary/aromatic N) is 3. The second kappa shape index (κ2) is 7.58. The fraction of sp³-hybridized carbons (Fsp3) is 0.647. The van der Waals surface area contributed by atoms with Crippen molar-refractivity contribution >= 4 is 11.8 Å². The van der Waals surface area contributed by atoms with Gasteiger partial charge in [-0.3, -0.25) is 0 Å². The number of esters is 1. The van der Waals surface area contributed by atoms with Gasteiger partial charge in [0.05, 0.1) is 6.10 Å². The third kappa shape index (κ3) is 4.44. The number of rotatable bonds is 5. The van der Waals surface area contributed by atoms with Crippen molar-refractivity contribution in [2.45, 2.75) is 32.8 Å². The van der Waals surface area contributed by atoms with Crippen molar-refractivity contribution in [1.29, 1.82) is 0 Å². The van der Waals surface area contributed by atoms with E-state index in [9.17, 15) is 4.79 Å². The van der Waals surface area contributed by atoms with E-state index in [1.165, 1.54) is 12.8 Å². The first-order valence-electron chi connectivity index (χ1n) is 8.03. The van der Waals surface area contributed by atoms with Crippen molar-refractivity contribution in [2.24, 2.45) is 5.92 Å². The number of piperidine rings is 1. The molecule has 5 nitrogen and oxygen atoms in total. The molecule has 5 heteroatoms. The third-order valence-electron chi connectivity index (χ3n) is 4.08. The maximum absolute atomic E-state index is 12.2. The number of carbonyl (C=O) groups is 1. The predicted molar refractivity (Wildman–Crippen MR) is 88.3 cm³/mol. The van der Waals surface area contributed by atoms with Gasteiger partial charge in [0.1, 0.15) is 11.4 Å². The molecule has 0 atom stereocenters. The molecule has 1 aromatic rings. The van der Waals surface area contributed by atoms with E-state index in [0.717, 1.165) is 19.6 Å². The molecule has 2 heterocycles. The summed E-state index contributed by atoms with van der Waals surface area (Å²) in [7, 11) is 4.17. The van der Waals surface area contributed by atoms with E-state index in [1.54, 1.807) is 18.3 Å². The quantitative estimate of drug-likeness (QED) is 0.782. The van der Waals surface area contributed by atoms with Gasteiger partial charge in [-0.05, 0) is 64.9 Å². The van der Waals surface area contributed by atoms with E-state index in [1.807, 2.05) is 20.9 Å². The van der Waals surface area contributed by atoms with E-state index < -0.39 is 0 Å². The molecule has 1 aliphatic heterocycles. The first kappa shape index (κ1) is 16.7. The first-order chi connectivity index (χ1) is 10.5. The average molecular weight is 305 g/mol. The normalized spacial score (nSPS) is 16.8. The highest BCUT2D eigenvalue weighted by molar-refractivity contribution is 5.94. The van der Waals surface area contributed by atoms with Crippen LogP contribution in [-0.2, 0) is 4.74 Å². The summed E-state index contributed by atoms with van der Waals surface area (Å²) >= 11 is 0. The van der Waals surface area contributed by atoms with Crippen molar-refractivity contribution in [2.75, 3.05) is 38.6 Å². The fourth-order valence-electron chi connectivity index (χ4n) is 2.86. The topological polar surface area (TPSA) is 45.7 Å². The third-order valence-corrected chi connectivity index (χ3v) is 4.08. The number of likely N-dealkylation sites (tertiary alicyclic amines) is 1. The van der Waals surface area contributed by atoms with Crippen molar-refractivity contribution in [1.82, 2.24) is 9.88 Å². The summed E-state index contributed by atoms with van der Waals surface area (Å²) in [5.74, 6) is 1.07. The van der Waals surface area contributed by atoms with Crippen LogP contribution in [0.25, 0.3) is 0 Å². The summed E-state index contributed by atoms with van der Waals surface area (Å²) in [6.45, 7) is 6.92. The zero-order chi connectivity index (χ0) is 16.1. The lowest BCUT2D eigenvalue weighted by Gasteiger charge is -2.32. The fourth-order valence-corrected chi connectivity index (χ4v) is 2.86. The molecule has 1 aromatic heterocycles. The number of pyridine rings is 1. The Morgan fingerprint density at radius 2 is 2.14 bits per heavy atom. The number of hydrogen-bond acceptors (Lipinski definition) is 5. The Morgan fingerprint density at radius 3 is 2.77 bits per heavy atom. The summed E-state index contributed by atoms with van der Waals surface area (Å²) in [6.07, 6.45) is 3.99. The maximum Gasteiger partial charge on any atom is 0.342 e. The standard InChI is InChI=1S/C17H27N3O2/c1-13(2)22-17(21)15-6-5-9-18-16(15)20(4)12-14-7-10-19(3)11-8-14/h5-6,9,13-14H,7-8,10-12H2,1-4H3. The molecule has 0 N–H and O–H groups in total. The number of ether oxygens (including phenoxy) is 1. The largest absolute Gasteiger partial charge is 0.459 e. The highest BCUT2D eigenvalue weighted by Crippen LogP contribution is 2.22. The number of anilines is 1. The average Bonchev–Trinajstić information content (AvgIpc) is 2.49. The molecule has 1 saturated heterocycles. The van der Waals surface area contributed by atoms with Crippen LogP contribution in [0.2, 0.25) is 0 Å². The molecule has 0 aromatic carbocycles. The molecule has 0 spiro atoms. The summed E-state index contributed by atoms with van der Waals surface area (Å²) in [5, 5.41) is 0. The molecule has 0 amide bonds. The summed E-state index contributed by atoms with van der Waals surface area (Å²) in [6, 6.07) is 3.57. The van der Waals surface area contributed by atoms with Crippen LogP contribution in [-0.4, -0.2) is 55.7 Å². The predicted octanol–water partition coefficient (Wildman–Crippen LogP) is 2.42. The molecule has 1 fully saturated rings. The van der Waals surface area contributed by atoms with E-state index in [0.29, 0.717) is 17.3 Å². The Morgan fingerprint density at radius 1 is 1.45 bits per heavy atom. The molecule has 0 bridgehead atoms. The van der Waals surface area contributed by atoms with Crippen LogP contribution in [0.4, 0.5) is 5.82 Å². The van der Waals surface area contributed by atoms with Gasteiger partial charge < -0.3 is 14.5 Å². The van der Waals surface area contributed by atoms with Gasteiger partial charge in [-0.25, -0.2) is 9.78 Å². The van der Waals surface area contributed by atoms with Crippen LogP contribution >= 0.6 is 0 Å². The van der Waals surface area contributed by atoms with E-state index in [4.69, 9.17) is 4.74 Å². The highest BCUT2D eigenvalue weighted by atomic mass is 16.5. The zero-order valence-electron chi connectivity index (χ0n) is 14.1. The summed E-state index contributed by atoms with van der Waals surface area (Å²) in [5.41, 5.74) is 0.548. The highest BCUT2D eigenvalue weighted by Gasteiger charge is 2.22. The molecule has 0 unspecified atom stereocenters. The molecule has 2 rings (SSSR count). The van der Waals surface area contributed by atoms with Gasteiger partial charge >= 0.3 is 5.97 Å². The number of carbonyl (C=O) groups excluding carboxylic acids is 1. The van der Waals surface area contributed by atoms with Crippen LogP contribution in [0.5, 0.6) is 0 Å². The molecular formula is C17H27N3O2. The minimum atomic E-state index is -0.298. The second-order valence-corrected chi connectivity index (χ2v) is 6.46. The molecular weight excluding hydrogens is 278 g/mol. The van der Waals surface area contributed by atoms with Crippen molar-refractivity contribution in [3.63, 3.8) is 0 Å². The Balaban J connectivity index is 2.06. The minimum absolute atomic E-state index is 0.125. The van der Waals surface area contributed by atoms with Crippen LogP contribution in [0.3, 0.4) is 0 Å². The van der Waals surface area contributed by atoms with Crippen molar-refractivity contribution in [3.05, 3.63) is 23.9 Å². The van der Waals surface area contributed by atoms with Gasteiger partial charge in [-0.2, -0.15) is 0 Å². The van der Waals surface area contributed by atoms with Crippen LogP contribution in [0.15, 0.2) is 18.3 Å².